The predicted molar refractivity (Wildman–Crippen MR) is 99.9 cm³/mol. The number of nitrogens with zero attached hydrogens (tertiary/aromatic N) is 2. The summed E-state index contributed by atoms with van der Waals surface area (Å²) >= 11 is 3.59. The SMILES string of the molecule is CCN(CC)c1ccc(C2SCC(=O)N2CCCSC)cc1. The maximum Gasteiger partial charge on any atom is 0.233 e. The molecule has 2 rings (SSSR count). The summed E-state index contributed by atoms with van der Waals surface area (Å²) < 4.78 is 0. The second kappa shape index (κ2) is 8.73. The molecule has 1 aliphatic rings. The van der Waals surface area contributed by atoms with Gasteiger partial charge < -0.3 is 9.80 Å². The van der Waals surface area contributed by atoms with Gasteiger partial charge in [-0.3, -0.25) is 4.79 Å². The van der Waals surface area contributed by atoms with Crippen molar-refractivity contribution in [3.05, 3.63) is 29.8 Å². The number of carbonyl (C=O) groups is 1. The summed E-state index contributed by atoms with van der Waals surface area (Å²) in [5.74, 6) is 2.01. The third-order valence-corrected chi connectivity index (χ3v) is 5.98. The van der Waals surface area contributed by atoms with E-state index in [1.54, 1.807) is 11.8 Å². The van der Waals surface area contributed by atoms with Crippen molar-refractivity contribution < 1.29 is 4.79 Å². The highest BCUT2D eigenvalue weighted by Crippen LogP contribution is 2.39. The van der Waals surface area contributed by atoms with Gasteiger partial charge in [-0.15, -0.1) is 11.8 Å². The molecule has 0 N–H and O–H groups in total. The average molecular weight is 339 g/mol. The van der Waals surface area contributed by atoms with Crippen molar-refractivity contribution in [3.8, 4) is 0 Å². The molecule has 0 radical (unpaired) electrons. The molecule has 1 unspecified atom stereocenters. The summed E-state index contributed by atoms with van der Waals surface area (Å²) in [6, 6.07) is 8.74. The van der Waals surface area contributed by atoms with Crippen LogP contribution in [0.4, 0.5) is 5.69 Å². The molecule has 0 bridgehead atoms. The van der Waals surface area contributed by atoms with Crippen molar-refractivity contribution in [2.75, 3.05) is 42.3 Å². The topological polar surface area (TPSA) is 23.6 Å². The molecule has 1 amide bonds. The van der Waals surface area contributed by atoms with Gasteiger partial charge >= 0.3 is 0 Å². The molecule has 1 fully saturated rings. The van der Waals surface area contributed by atoms with E-state index in [2.05, 4.69) is 49.3 Å². The van der Waals surface area contributed by atoms with Crippen LogP contribution < -0.4 is 4.90 Å². The van der Waals surface area contributed by atoms with Crippen molar-refractivity contribution >= 4 is 35.1 Å². The molecule has 3 nitrogen and oxygen atoms in total. The molecule has 0 saturated carbocycles. The molecular weight excluding hydrogens is 312 g/mol. The van der Waals surface area contributed by atoms with Crippen LogP contribution in [-0.2, 0) is 4.79 Å². The van der Waals surface area contributed by atoms with Crippen molar-refractivity contribution in [2.24, 2.45) is 0 Å². The fraction of sp³-hybridized carbons (Fsp3) is 0.588. The van der Waals surface area contributed by atoms with E-state index >= 15 is 0 Å². The predicted octanol–water partition coefficient (Wildman–Crippen LogP) is 3.86. The Bertz CT molecular complexity index is 474. The number of carbonyl (C=O) groups excluding carboxylic acids is 1. The lowest BCUT2D eigenvalue weighted by Gasteiger charge is -2.25. The molecule has 0 aliphatic carbocycles. The molecule has 122 valence electrons. The summed E-state index contributed by atoms with van der Waals surface area (Å²) in [6.45, 7) is 7.27. The third kappa shape index (κ3) is 4.13. The highest BCUT2D eigenvalue weighted by molar-refractivity contribution is 8.00. The van der Waals surface area contributed by atoms with Crippen molar-refractivity contribution in [2.45, 2.75) is 25.6 Å². The molecule has 0 aromatic heterocycles. The van der Waals surface area contributed by atoms with E-state index in [4.69, 9.17) is 0 Å². The Balaban J connectivity index is 2.07. The first kappa shape index (κ1) is 17.5. The van der Waals surface area contributed by atoms with Gasteiger partial charge in [-0.2, -0.15) is 11.8 Å². The number of thioether (sulfide) groups is 2. The standard InChI is InChI=1S/C17H26N2OS2/c1-4-18(5-2)15-9-7-14(8-10-15)17-19(11-6-12-21-3)16(20)13-22-17/h7-10,17H,4-6,11-13H2,1-3H3. The Morgan fingerprint density at radius 1 is 1.27 bits per heavy atom. The van der Waals surface area contributed by atoms with E-state index in [0.29, 0.717) is 5.75 Å². The van der Waals surface area contributed by atoms with Gasteiger partial charge in [0.1, 0.15) is 5.37 Å². The average Bonchev–Trinajstić information content (AvgIpc) is 2.91. The Morgan fingerprint density at radius 2 is 1.95 bits per heavy atom. The molecule has 5 heteroatoms. The Kier molecular flexibility index (Phi) is 6.96. The van der Waals surface area contributed by atoms with E-state index in [9.17, 15) is 4.79 Å². The molecule has 1 aromatic rings. The first-order valence-electron chi connectivity index (χ1n) is 7.96. The number of hydrogen-bond donors (Lipinski definition) is 0. The van der Waals surface area contributed by atoms with Gasteiger partial charge in [0.15, 0.2) is 0 Å². The van der Waals surface area contributed by atoms with Crippen LogP contribution >= 0.6 is 23.5 Å². The lowest BCUT2D eigenvalue weighted by Crippen LogP contribution is -2.29. The lowest BCUT2D eigenvalue weighted by molar-refractivity contribution is -0.128. The summed E-state index contributed by atoms with van der Waals surface area (Å²) in [7, 11) is 0. The first-order chi connectivity index (χ1) is 10.7. The van der Waals surface area contributed by atoms with Gasteiger partial charge in [0, 0.05) is 25.3 Å². The zero-order chi connectivity index (χ0) is 15.9. The minimum Gasteiger partial charge on any atom is -0.372 e. The Labute approximate surface area is 142 Å². The second-order valence-corrected chi connectivity index (χ2v) is 7.41. The van der Waals surface area contributed by atoms with E-state index in [1.165, 1.54) is 11.3 Å². The quantitative estimate of drug-likeness (QED) is 0.672. The van der Waals surface area contributed by atoms with Gasteiger partial charge in [-0.05, 0) is 50.0 Å². The highest BCUT2D eigenvalue weighted by atomic mass is 32.2. The summed E-state index contributed by atoms with van der Waals surface area (Å²) in [5, 5.41) is 0.195. The van der Waals surface area contributed by atoms with Gasteiger partial charge in [-0.25, -0.2) is 0 Å². The second-order valence-electron chi connectivity index (χ2n) is 5.36. The smallest absolute Gasteiger partial charge is 0.233 e. The summed E-state index contributed by atoms with van der Waals surface area (Å²) in [6.07, 6.45) is 3.19. The monoisotopic (exact) mass is 338 g/mol. The molecule has 1 aromatic carbocycles. The zero-order valence-corrected chi connectivity index (χ0v) is 15.4. The van der Waals surface area contributed by atoms with Gasteiger partial charge in [0.2, 0.25) is 5.91 Å². The minimum atomic E-state index is 0.195. The molecule has 0 spiro atoms. The van der Waals surface area contributed by atoms with Crippen LogP contribution in [0, 0.1) is 0 Å². The zero-order valence-electron chi connectivity index (χ0n) is 13.7. The molecule has 1 heterocycles. The number of anilines is 1. The fourth-order valence-electron chi connectivity index (χ4n) is 2.79. The number of benzene rings is 1. The summed E-state index contributed by atoms with van der Waals surface area (Å²) in [5.41, 5.74) is 2.51. The van der Waals surface area contributed by atoms with Crippen LogP contribution in [0.3, 0.4) is 0 Å². The molecule has 22 heavy (non-hydrogen) atoms. The largest absolute Gasteiger partial charge is 0.372 e. The third-order valence-electron chi connectivity index (χ3n) is 4.02. The van der Waals surface area contributed by atoms with Crippen LogP contribution in [0.5, 0.6) is 0 Å². The van der Waals surface area contributed by atoms with E-state index < -0.39 is 0 Å². The minimum absolute atomic E-state index is 0.195. The van der Waals surface area contributed by atoms with E-state index in [0.717, 1.165) is 31.8 Å². The molecule has 1 atom stereocenters. The van der Waals surface area contributed by atoms with Crippen molar-refractivity contribution in [1.82, 2.24) is 4.90 Å². The van der Waals surface area contributed by atoms with Gasteiger partial charge in [-0.1, -0.05) is 12.1 Å². The molecule has 1 saturated heterocycles. The van der Waals surface area contributed by atoms with Crippen LogP contribution in [-0.4, -0.2) is 48.2 Å². The van der Waals surface area contributed by atoms with E-state index in [-0.39, 0.29) is 11.3 Å². The maximum absolute atomic E-state index is 12.1. The summed E-state index contributed by atoms with van der Waals surface area (Å²) in [4.78, 5) is 16.5. The van der Waals surface area contributed by atoms with Crippen molar-refractivity contribution in [3.63, 3.8) is 0 Å². The first-order valence-corrected chi connectivity index (χ1v) is 10.4. The Hall–Kier alpha value is -0.810. The molecular formula is C17H26N2OS2. The van der Waals surface area contributed by atoms with Gasteiger partial charge in [0.05, 0.1) is 5.75 Å². The molecule has 1 aliphatic heterocycles. The van der Waals surface area contributed by atoms with Crippen LogP contribution in [0.2, 0.25) is 0 Å². The number of rotatable bonds is 8. The number of amides is 1. The maximum atomic E-state index is 12.1. The fourth-order valence-corrected chi connectivity index (χ4v) is 4.43. The Morgan fingerprint density at radius 3 is 2.55 bits per heavy atom. The normalized spacial score (nSPS) is 18.0. The van der Waals surface area contributed by atoms with Crippen LogP contribution in [0.1, 0.15) is 31.2 Å². The van der Waals surface area contributed by atoms with Gasteiger partial charge in [0.25, 0.3) is 0 Å². The number of hydrogen-bond acceptors (Lipinski definition) is 4. The lowest BCUT2D eigenvalue weighted by atomic mass is 10.1. The van der Waals surface area contributed by atoms with Crippen LogP contribution in [0.25, 0.3) is 0 Å². The van der Waals surface area contributed by atoms with Crippen molar-refractivity contribution in [1.29, 1.82) is 0 Å². The highest BCUT2D eigenvalue weighted by Gasteiger charge is 2.32. The van der Waals surface area contributed by atoms with Crippen LogP contribution in [0.15, 0.2) is 24.3 Å². The van der Waals surface area contributed by atoms with E-state index in [1.807, 2.05) is 16.7 Å².